The number of aliphatic imine (C=N–C) groups is 1. The molecule has 166 valence electrons. The van der Waals surface area contributed by atoms with Gasteiger partial charge in [-0.3, -0.25) is 4.90 Å². The van der Waals surface area contributed by atoms with Crippen LogP contribution in [0, 0.1) is 12.7 Å². The lowest BCUT2D eigenvalue weighted by molar-refractivity contribution is 0.169. The Hall–Kier alpha value is -1.72. The number of halogens is 2. The molecule has 1 aliphatic rings. The summed E-state index contributed by atoms with van der Waals surface area (Å²) in [5.41, 5.74) is 2.50. The van der Waals surface area contributed by atoms with Gasteiger partial charge < -0.3 is 19.5 Å². The number of aryl methyl sites for hydroxylation is 1. The molecule has 1 N–H and O–H groups in total. The maximum absolute atomic E-state index is 13.8. The van der Waals surface area contributed by atoms with Crippen molar-refractivity contribution >= 4 is 29.9 Å². The van der Waals surface area contributed by atoms with E-state index in [0.717, 1.165) is 62.2 Å². The summed E-state index contributed by atoms with van der Waals surface area (Å²) in [7, 11) is 1.57. The van der Waals surface area contributed by atoms with Crippen LogP contribution in [0.4, 0.5) is 4.39 Å². The van der Waals surface area contributed by atoms with Crippen molar-refractivity contribution in [2.45, 2.75) is 33.5 Å². The molecule has 1 fully saturated rings. The Labute approximate surface area is 194 Å². The van der Waals surface area contributed by atoms with Crippen LogP contribution >= 0.6 is 24.0 Å². The second kappa shape index (κ2) is 12.2. The summed E-state index contributed by atoms with van der Waals surface area (Å²) >= 11 is 0. The molecule has 0 atom stereocenters. The minimum absolute atomic E-state index is 0. The number of rotatable bonds is 7. The van der Waals surface area contributed by atoms with E-state index in [-0.39, 0.29) is 36.4 Å². The van der Waals surface area contributed by atoms with Gasteiger partial charge in [0.2, 0.25) is 0 Å². The van der Waals surface area contributed by atoms with E-state index < -0.39 is 0 Å². The van der Waals surface area contributed by atoms with Crippen LogP contribution in [0.25, 0.3) is 0 Å². The van der Waals surface area contributed by atoms with E-state index in [1.54, 1.807) is 13.2 Å². The van der Waals surface area contributed by atoms with Crippen molar-refractivity contribution in [3.63, 3.8) is 0 Å². The van der Waals surface area contributed by atoms with E-state index in [2.05, 4.69) is 27.2 Å². The first-order chi connectivity index (χ1) is 14.1. The average Bonchev–Trinajstić information content (AvgIpc) is 3.13. The van der Waals surface area contributed by atoms with Crippen LogP contribution in [0.5, 0.6) is 0 Å². The lowest BCUT2D eigenvalue weighted by Gasteiger charge is -2.36. The van der Waals surface area contributed by atoms with Gasteiger partial charge in [-0.05, 0) is 31.5 Å². The molecule has 0 bridgehead atoms. The first-order valence-electron chi connectivity index (χ1n) is 10.0. The number of hydrogen-bond acceptors (Lipinski definition) is 5. The van der Waals surface area contributed by atoms with Crippen LogP contribution in [0.2, 0.25) is 0 Å². The van der Waals surface area contributed by atoms with E-state index in [0.29, 0.717) is 12.1 Å². The number of guanidine groups is 1. The molecule has 0 unspecified atom stereocenters. The van der Waals surface area contributed by atoms with Crippen molar-refractivity contribution in [3.05, 3.63) is 52.7 Å². The predicted molar refractivity (Wildman–Crippen MR) is 125 cm³/mol. The van der Waals surface area contributed by atoms with Crippen LogP contribution in [0.3, 0.4) is 0 Å². The molecule has 0 saturated carbocycles. The highest BCUT2D eigenvalue weighted by atomic mass is 127. The Bertz CT molecular complexity index is 821. The third-order valence-corrected chi connectivity index (χ3v) is 4.89. The SMILES string of the molecule is CCNC(=NCc1ccc(F)c(COC)c1)N1CCN(Cc2cc(C)on2)CC1.I. The fourth-order valence-electron chi connectivity index (χ4n) is 3.42. The molecule has 2 aromatic rings. The summed E-state index contributed by atoms with van der Waals surface area (Å²) in [6.45, 7) is 9.98. The van der Waals surface area contributed by atoms with E-state index in [9.17, 15) is 4.39 Å². The average molecular weight is 531 g/mol. The molecule has 0 aliphatic carbocycles. The van der Waals surface area contributed by atoms with Crippen molar-refractivity contribution in [3.8, 4) is 0 Å². The maximum atomic E-state index is 13.8. The molecule has 7 nitrogen and oxygen atoms in total. The van der Waals surface area contributed by atoms with Crippen molar-refractivity contribution < 1.29 is 13.7 Å². The van der Waals surface area contributed by atoms with Gasteiger partial charge >= 0.3 is 0 Å². The molecule has 30 heavy (non-hydrogen) atoms. The predicted octanol–water partition coefficient (Wildman–Crippen LogP) is 3.17. The summed E-state index contributed by atoms with van der Waals surface area (Å²) in [6, 6.07) is 7.07. The molecule has 1 aromatic carbocycles. The molecule has 2 heterocycles. The number of nitrogens with one attached hydrogen (secondary N) is 1. The second-order valence-corrected chi connectivity index (χ2v) is 7.22. The van der Waals surface area contributed by atoms with Crippen LogP contribution < -0.4 is 5.32 Å². The number of hydrogen-bond donors (Lipinski definition) is 1. The number of piperazine rings is 1. The minimum atomic E-state index is -0.245. The van der Waals surface area contributed by atoms with Gasteiger partial charge in [-0.15, -0.1) is 24.0 Å². The zero-order valence-electron chi connectivity index (χ0n) is 17.9. The summed E-state index contributed by atoms with van der Waals surface area (Å²) in [6.07, 6.45) is 0. The van der Waals surface area contributed by atoms with Crippen molar-refractivity contribution in [2.24, 2.45) is 4.99 Å². The quantitative estimate of drug-likeness (QED) is 0.337. The van der Waals surface area contributed by atoms with Gasteiger partial charge in [0.1, 0.15) is 11.6 Å². The molecular formula is C21H31FIN5O2. The summed E-state index contributed by atoms with van der Waals surface area (Å²) < 4.78 is 24.0. The Kier molecular flexibility index (Phi) is 9.99. The summed E-state index contributed by atoms with van der Waals surface area (Å²) in [5, 5.41) is 7.45. The minimum Gasteiger partial charge on any atom is -0.380 e. The lowest BCUT2D eigenvalue weighted by Crippen LogP contribution is -2.52. The number of benzene rings is 1. The van der Waals surface area contributed by atoms with Gasteiger partial charge in [0, 0.05) is 58.0 Å². The highest BCUT2D eigenvalue weighted by Crippen LogP contribution is 2.13. The topological polar surface area (TPSA) is 66.1 Å². The van der Waals surface area contributed by atoms with E-state index in [1.165, 1.54) is 6.07 Å². The largest absolute Gasteiger partial charge is 0.380 e. The molecule has 1 aromatic heterocycles. The van der Waals surface area contributed by atoms with Gasteiger partial charge in [0.25, 0.3) is 0 Å². The Morgan fingerprint density at radius 3 is 2.67 bits per heavy atom. The van der Waals surface area contributed by atoms with Gasteiger partial charge in [-0.1, -0.05) is 11.2 Å². The molecule has 3 rings (SSSR count). The Morgan fingerprint density at radius 1 is 1.27 bits per heavy atom. The van der Waals surface area contributed by atoms with Crippen molar-refractivity contribution in [2.75, 3.05) is 39.8 Å². The first kappa shape index (κ1) is 24.5. The fourth-order valence-corrected chi connectivity index (χ4v) is 3.42. The highest BCUT2D eigenvalue weighted by molar-refractivity contribution is 14.0. The van der Waals surface area contributed by atoms with Gasteiger partial charge in [-0.2, -0.15) is 0 Å². The zero-order chi connectivity index (χ0) is 20.6. The van der Waals surface area contributed by atoms with E-state index >= 15 is 0 Å². The van der Waals surface area contributed by atoms with E-state index in [4.69, 9.17) is 14.3 Å². The normalized spacial score (nSPS) is 15.2. The third-order valence-electron chi connectivity index (χ3n) is 4.89. The van der Waals surface area contributed by atoms with E-state index in [1.807, 2.05) is 19.1 Å². The molecule has 1 aliphatic heterocycles. The molecule has 0 radical (unpaired) electrons. The van der Waals surface area contributed by atoms with Crippen molar-refractivity contribution in [1.29, 1.82) is 0 Å². The smallest absolute Gasteiger partial charge is 0.194 e. The van der Waals surface area contributed by atoms with Gasteiger partial charge in [-0.25, -0.2) is 9.38 Å². The van der Waals surface area contributed by atoms with Crippen LogP contribution in [0.1, 0.15) is 29.5 Å². The van der Waals surface area contributed by atoms with Crippen molar-refractivity contribution in [1.82, 2.24) is 20.3 Å². The number of aromatic nitrogens is 1. The standard InChI is InChI=1S/C21H30FN5O2.HI/c1-4-23-21(24-13-17-5-6-20(22)18(12-17)15-28-3)27-9-7-26(8-10-27)14-19-11-16(2)29-25-19;/h5-6,11-12H,4,7-10,13-15H2,1-3H3,(H,23,24);1H. The van der Waals surface area contributed by atoms with Crippen LogP contribution in [-0.4, -0.2) is 60.7 Å². The third kappa shape index (κ3) is 6.92. The van der Waals surface area contributed by atoms with Crippen LogP contribution in [-0.2, 0) is 24.4 Å². The fraction of sp³-hybridized carbons (Fsp3) is 0.524. The summed E-state index contributed by atoms with van der Waals surface area (Å²) in [5.74, 6) is 1.49. The molecule has 9 heteroatoms. The molecular weight excluding hydrogens is 500 g/mol. The second-order valence-electron chi connectivity index (χ2n) is 7.22. The first-order valence-corrected chi connectivity index (χ1v) is 10.0. The van der Waals surface area contributed by atoms with Gasteiger partial charge in [0.15, 0.2) is 5.96 Å². The molecule has 1 saturated heterocycles. The zero-order valence-corrected chi connectivity index (χ0v) is 20.2. The number of ether oxygens (including phenoxy) is 1. The number of methoxy groups -OCH3 is 1. The molecule has 0 amide bonds. The summed E-state index contributed by atoms with van der Waals surface area (Å²) in [4.78, 5) is 9.41. The Balaban J connectivity index is 0.00000320. The highest BCUT2D eigenvalue weighted by Gasteiger charge is 2.20. The molecule has 0 spiro atoms. The Morgan fingerprint density at radius 2 is 2.03 bits per heavy atom. The number of nitrogens with zero attached hydrogens (tertiary/aromatic N) is 4. The van der Waals surface area contributed by atoms with Gasteiger partial charge in [0.05, 0.1) is 18.8 Å². The monoisotopic (exact) mass is 531 g/mol. The maximum Gasteiger partial charge on any atom is 0.194 e. The van der Waals surface area contributed by atoms with Crippen LogP contribution in [0.15, 0.2) is 33.8 Å². The lowest BCUT2D eigenvalue weighted by atomic mass is 10.1.